The summed E-state index contributed by atoms with van der Waals surface area (Å²) >= 11 is 0. The minimum absolute atomic E-state index is 0.165. The van der Waals surface area contributed by atoms with E-state index in [0.29, 0.717) is 24.5 Å². The van der Waals surface area contributed by atoms with Crippen LogP contribution in [-0.2, 0) is 19.0 Å². The second kappa shape index (κ2) is 9.59. The van der Waals surface area contributed by atoms with Crippen molar-refractivity contribution in [2.24, 2.45) is 0 Å². The van der Waals surface area contributed by atoms with Gasteiger partial charge < -0.3 is 4.90 Å². The fourth-order valence-electron chi connectivity index (χ4n) is 3.47. The van der Waals surface area contributed by atoms with E-state index in [2.05, 4.69) is 15.0 Å². The Hall–Kier alpha value is -3.81. The largest absolute Gasteiger partial charge is 0.416 e. The second-order valence-electron chi connectivity index (χ2n) is 8.11. The van der Waals surface area contributed by atoms with E-state index in [4.69, 9.17) is 0 Å². The number of hydrogen-bond acceptors (Lipinski definition) is 4. The molecule has 0 saturated carbocycles. The van der Waals surface area contributed by atoms with E-state index in [1.165, 1.54) is 18.2 Å². The Labute approximate surface area is 195 Å². The molecule has 3 aromatic carbocycles. The lowest BCUT2D eigenvalue weighted by Gasteiger charge is -2.13. The molecule has 8 heteroatoms. The number of hydrogen-bond donors (Lipinski definition) is 0. The molecule has 0 bridgehead atoms. The van der Waals surface area contributed by atoms with Crippen molar-refractivity contribution in [3.63, 3.8) is 0 Å². The van der Waals surface area contributed by atoms with Crippen LogP contribution in [0.2, 0.25) is 0 Å². The zero-order valence-corrected chi connectivity index (χ0v) is 18.6. The Kier molecular flexibility index (Phi) is 6.58. The maximum absolute atomic E-state index is 13.3. The third-order valence-electron chi connectivity index (χ3n) is 5.27. The summed E-state index contributed by atoms with van der Waals surface area (Å²) in [5.41, 5.74) is 2.26. The first-order valence-corrected chi connectivity index (χ1v) is 10.6. The van der Waals surface area contributed by atoms with Crippen LogP contribution in [0.25, 0.3) is 11.4 Å². The van der Waals surface area contributed by atoms with E-state index in [1.54, 1.807) is 18.2 Å². The van der Waals surface area contributed by atoms with E-state index < -0.39 is 11.7 Å². The molecule has 0 saturated heterocycles. The summed E-state index contributed by atoms with van der Waals surface area (Å²) in [5, 5.41) is 0. The van der Waals surface area contributed by atoms with Crippen LogP contribution in [-0.4, -0.2) is 29.0 Å². The highest BCUT2D eigenvalue weighted by molar-refractivity contribution is 5.56. The first kappa shape index (κ1) is 23.4. The zero-order chi connectivity index (χ0) is 24.3. The predicted molar refractivity (Wildman–Crippen MR) is 123 cm³/mol. The molecular formula is C26H22F4N4. The molecule has 0 atom stereocenters. The molecule has 0 radical (unpaired) electrons. The zero-order valence-electron chi connectivity index (χ0n) is 18.6. The molecule has 0 aliphatic rings. The van der Waals surface area contributed by atoms with E-state index in [9.17, 15) is 17.6 Å². The summed E-state index contributed by atoms with van der Waals surface area (Å²) in [5.74, 6) is 0.648. The molecule has 0 fully saturated rings. The fourth-order valence-corrected chi connectivity index (χ4v) is 3.47. The molecular weight excluding hydrogens is 444 g/mol. The first-order chi connectivity index (χ1) is 16.2. The number of nitrogens with zero attached hydrogens (tertiary/aromatic N) is 4. The molecule has 0 aliphatic heterocycles. The van der Waals surface area contributed by atoms with E-state index in [1.807, 2.05) is 43.3 Å². The lowest BCUT2D eigenvalue weighted by Crippen LogP contribution is -2.09. The van der Waals surface area contributed by atoms with Gasteiger partial charge in [-0.2, -0.15) is 13.2 Å². The van der Waals surface area contributed by atoms with E-state index in [0.717, 1.165) is 28.9 Å². The first-order valence-electron chi connectivity index (χ1n) is 10.6. The molecule has 1 aromatic heterocycles. The van der Waals surface area contributed by atoms with Gasteiger partial charge in [0, 0.05) is 38.2 Å². The summed E-state index contributed by atoms with van der Waals surface area (Å²) in [7, 11) is 3.90. The van der Waals surface area contributed by atoms with Crippen molar-refractivity contribution in [1.82, 2.24) is 15.0 Å². The highest BCUT2D eigenvalue weighted by atomic mass is 19.4. The van der Waals surface area contributed by atoms with Gasteiger partial charge in [-0.1, -0.05) is 36.4 Å². The summed E-state index contributed by atoms with van der Waals surface area (Å²) < 4.78 is 53.0. The number of rotatable bonds is 6. The van der Waals surface area contributed by atoms with Gasteiger partial charge in [0.05, 0.1) is 5.56 Å². The minimum Gasteiger partial charge on any atom is -0.378 e. The minimum atomic E-state index is -4.48. The molecule has 0 aliphatic carbocycles. The third kappa shape index (κ3) is 5.75. The lowest BCUT2D eigenvalue weighted by atomic mass is 10.1. The number of halogens is 4. The fraction of sp³-hybridized carbons (Fsp3) is 0.192. The van der Waals surface area contributed by atoms with Crippen LogP contribution in [0, 0.1) is 5.82 Å². The van der Waals surface area contributed by atoms with Gasteiger partial charge in [-0.25, -0.2) is 19.3 Å². The van der Waals surface area contributed by atoms with Crippen molar-refractivity contribution in [2.45, 2.75) is 19.0 Å². The van der Waals surface area contributed by atoms with Crippen molar-refractivity contribution in [3.8, 4) is 11.4 Å². The van der Waals surface area contributed by atoms with Crippen molar-refractivity contribution < 1.29 is 17.6 Å². The van der Waals surface area contributed by atoms with Gasteiger partial charge in [0.1, 0.15) is 17.5 Å². The molecule has 174 valence electrons. The summed E-state index contributed by atoms with van der Waals surface area (Å²) in [6, 6.07) is 18.7. The van der Waals surface area contributed by atoms with Gasteiger partial charge in [0.15, 0.2) is 5.82 Å². The number of alkyl halides is 3. The van der Waals surface area contributed by atoms with Gasteiger partial charge in [0.25, 0.3) is 0 Å². The smallest absolute Gasteiger partial charge is 0.378 e. The highest BCUT2D eigenvalue weighted by Crippen LogP contribution is 2.31. The Morgan fingerprint density at radius 2 is 1.29 bits per heavy atom. The quantitative estimate of drug-likeness (QED) is 0.330. The van der Waals surface area contributed by atoms with Crippen molar-refractivity contribution in [2.75, 3.05) is 19.0 Å². The molecule has 0 amide bonds. The van der Waals surface area contributed by atoms with Crippen LogP contribution < -0.4 is 4.90 Å². The summed E-state index contributed by atoms with van der Waals surface area (Å²) in [6.07, 6.45) is -3.79. The average molecular weight is 466 g/mol. The topological polar surface area (TPSA) is 41.9 Å². The van der Waals surface area contributed by atoms with Gasteiger partial charge in [-0.05, 0) is 47.5 Å². The van der Waals surface area contributed by atoms with Crippen LogP contribution in [0.15, 0.2) is 72.8 Å². The number of anilines is 1. The van der Waals surface area contributed by atoms with Crippen LogP contribution >= 0.6 is 0 Å². The Balaban J connectivity index is 1.72. The van der Waals surface area contributed by atoms with Gasteiger partial charge >= 0.3 is 6.18 Å². The number of benzene rings is 3. The average Bonchev–Trinajstić information content (AvgIpc) is 2.80. The summed E-state index contributed by atoms with van der Waals surface area (Å²) in [6.45, 7) is 0. The molecule has 34 heavy (non-hydrogen) atoms. The molecule has 0 N–H and O–H groups in total. The molecule has 1 heterocycles. The Morgan fingerprint density at radius 1 is 0.735 bits per heavy atom. The van der Waals surface area contributed by atoms with Gasteiger partial charge in [-0.15, -0.1) is 0 Å². The Morgan fingerprint density at radius 3 is 1.82 bits per heavy atom. The molecule has 4 aromatic rings. The van der Waals surface area contributed by atoms with Crippen molar-refractivity contribution in [1.29, 1.82) is 0 Å². The van der Waals surface area contributed by atoms with Gasteiger partial charge in [0.2, 0.25) is 0 Å². The van der Waals surface area contributed by atoms with Gasteiger partial charge in [-0.3, -0.25) is 0 Å². The van der Waals surface area contributed by atoms with Crippen molar-refractivity contribution >= 4 is 5.69 Å². The van der Waals surface area contributed by atoms with Crippen LogP contribution in [0.1, 0.15) is 28.3 Å². The van der Waals surface area contributed by atoms with Crippen LogP contribution in [0.3, 0.4) is 0 Å². The van der Waals surface area contributed by atoms with Crippen molar-refractivity contribution in [3.05, 3.63) is 107 Å². The second-order valence-corrected chi connectivity index (χ2v) is 8.11. The number of aromatic nitrogens is 3. The lowest BCUT2D eigenvalue weighted by molar-refractivity contribution is -0.137. The molecule has 0 spiro atoms. The SMILES string of the molecule is CN(C)c1ccc(Cc2nc(Cc3ccc(F)cc3)nc(-c3cccc(C(F)(F)F)c3)n2)cc1. The highest BCUT2D eigenvalue weighted by Gasteiger charge is 2.30. The van der Waals surface area contributed by atoms with E-state index in [-0.39, 0.29) is 17.2 Å². The van der Waals surface area contributed by atoms with Crippen LogP contribution in [0.4, 0.5) is 23.2 Å². The standard InChI is InChI=1S/C26H22F4N4/c1-34(2)22-12-8-18(9-13-22)15-24-31-23(14-17-6-10-21(27)11-7-17)32-25(33-24)19-4-3-5-20(16-19)26(28,29)30/h3-13,16H,14-15H2,1-2H3. The molecule has 4 rings (SSSR count). The predicted octanol–water partition coefficient (Wildman–Crippen LogP) is 5.94. The maximum Gasteiger partial charge on any atom is 0.416 e. The molecule has 4 nitrogen and oxygen atoms in total. The van der Waals surface area contributed by atoms with E-state index >= 15 is 0 Å². The Bertz CT molecular complexity index is 1270. The molecule has 0 unspecified atom stereocenters. The normalized spacial score (nSPS) is 11.5. The van der Waals surface area contributed by atoms with Crippen LogP contribution in [0.5, 0.6) is 0 Å². The maximum atomic E-state index is 13.3. The summed E-state index contributed by atoms with van der Waals surface area (Å²) in [4.78, 5) is 15.4. The monoisotopic (exact) mass is 466 g/mol. The third-order valence-corrected chi connectivity index (χ3v) is 5.27.